The van der Waals surface area contributed by atoms with Crippen LogP contribution in [0, 0.1) is 5.82 Å². The van der Waals surface area contributed by atoms with Gasteiger partial charge in [-0.05, 0) is 61.4 Å². The first kappa shape index (κ1) is 30.3. The lowest BCUT2D eigenvalue weighted by molar-refractivity contribution is -0.141. The largest absolute Gasteiger partial charge is 0.457 e. The van der Waals surface area contributed by atoms with E-state index in [-0.39, 0.29) is 24.4 Å². The predicted molar refractivity (Wildman–Crippen MR) is 173 cm³/mol. The van der Waals surface area contributed by atoms with Crippen molar-refractivity contribution in [1.82, 2.24) is 15.1 Å². The Morgan fingerprint density at radius 2 is 1.20 bits per heavy atom. The van der Waals surface area contributed by atoms with Gasteiger partial charge in [-0.3, -0.25) is 0 Å². The molecular formula is C38H32FN3O4. The van der Waals surface area contributed by atoms with E-state index in [9.17, 15) is 14.0 Å². The molecule has 2 heterocycles. The SMILES string of the molecule is CC1=C(C(=O)OCc2ccccc2)C(c2cn(-c3ccccc3)nc2-c2ccc(F)cc2)C(C(=O)OCc2ccccc2)=C(C)N1. The van der Waals surface area contributed by atoms with Crippen molar-refractivity contribution in [3.05, 3.63) is 167 Å². The van der Waals surface area contributed by atoms with Gasteiger partial charge in [0.2, 0.25) is 0 Å². The second-order valence-corrected chi connectivity index (χ2v) is 11.0. The van der Waals surface area contributed by atoms with E-state index in [0.717, 1.165) is 16.8 Å². The minimum Gasteiger partial charge on any atom is -0.457 e. The second kappa shape index (κ2) is 13.5. The molecule has 0 fully saturated rings. The number of para-hydroxylation sites is 1. The van der Waals surface area contributed by atoms with E-state index < -0.39 is 23.7 Å². The molecule has 0 aliphatic carbocycles. The fourth-order valence-electron chi connectivity index (χ4n) is 5.59. The van der Waals surface area contributed by atoms with E-state index in [2.05, 4.69) is 5.32 Å². The summed E-state index contributed by atoms with van der Waals surface area (Å²) in [7, 11) is 0. The average Bonchev–Trinajstić information content (AvgIpc) is 3.53. The van der Waals surface area contributed by atoms with Crippen molar-refractivity contribution in [1.29, 1.82) is 0 Å². The van der Waals surface area contributed by atoms with Crippen LogP contribution in [0.25, 0.3) is 16.9 Å². The Bertz CT molecular complexity index is 1840. The van der Waals surface area contributed by atoms with Crippen molar-refractivity contribution in [2.24, 2.45) is 0 Å². The van der Waals surface area contributed by atoms with Gasteiger partial charge in [0.15, 0.2) is 0 Å². The molecule has 0 bridgehead atoms. The van der Waals surface area contributed by atoms with Crippen LogP contribution in [0.15, 0.2) is 144 Å². The van der Waals surface area contributed by atoms with Crippen LogP contribution in [0.3, 0.4) is 0 Å². The van der Waals surface area contributed by atoms with Crippen LogP contribution in [-0.2, 0) is 32.3 Å². The van der Waals surface area contributed by atoms with E-state index in [1.807, 2.05) is 91.0 Å². The number of esters is 2. The maximum absolute atomic E-state index is 14.0. The van der Waals surface area contributed by atoms with Crippen LogP contribution in [0.4, 0.5) is 4.39 Å². The van der Waals surface area contributed by atoms with Crippen LogP contribution < -0.4 is 5.32 Å². The lowest BCUT2D eigenvalue weighted by atomic mass is 9.79. The van der Waals surface area contributed by atoms with Gasteiger partial charge in [-0.25, -0.2) is 18.7 Å². The number of hydrogen-bond acceptors (Lipinski definition) is 6. The number of aromatic nitrogens is 2. The molecule has 0 amide bonds. The molecule has 4 aromatic carbocycles. The lowest BCUT2D eigenvalue weighted by Gasteiger charge is -2.30. The molecule has 6 rings (SSSR count). The molecule has 1 N–H and O–H groups in total. The quantitative estimate of drug-likeness (QED) is 0.175. The highest BCUT2D eigenvalue weighted by Crippen LogP contribution is 2.43. The summed E-state index contributed by atoms with van der Waals surface area (Å²) in [5.41, 5.74) is 5.68. The zero-order valence-electron chi connectivity index (χ0n) is 25.4. The van der Waals surface area contributed by atoms with Crippen LogP contribution in [0.1, 0.15) is 36.5 Å². The first-order valence-electron chi connectivity index (χ1n) is 14.9. The van der Waals surface area contributed by atoms with E-state index in [1.165, 1.54) is 12.1 Å². The van der Waals surface area contributed by atoms with Gasteiger partial charge in [-0.2, -0.15) is 5.10 Å². The molecular weight excluding hydrogens is 581 g/mol. The third-order valence-electron chi connectivity index (χ3n) is 7.82. The Balaban J connectivity index is 1.48. The number of dihydropyridines is 1. The van der Waals surface area contributed by atoms with Crippen molar-refractivity contribution in [2.75, 3.05) is 0 Å². The molecule has 0 unspecified atom stereocenters. The lowest BCUT2D eigenvalue weighted by Crippen LogP contribution is -2.32. The Labute approximate surface area is 266 Å². The van der Waals surface area contributed by atoms with E-state index >= 15 is 0 Å². The van der Waals surface area contributed by atoms with Crippen LogP contribution in [0.2, 0.25) is 0 Å². The molecule has 7 nitrogen and oxygen atoms in total. The summed E-state index contributed by atoms with van der Waals surface area (Å²) in [6.07, 6.45) is 1.81. The number of nitrogens with one attached hydrogen (secondary N) is 1. The minimum absolute atomic E-state index is 0.0494. The monoisotopic (exact) mass is 613 g/mol. The van der Waals surface area contributed by atoms with E-state index in [0.29, 0.717) is 28.2 Å². The van der Waals surface area contributed by atoms with Gasteiger partial charge in [-0.1, -0.05) is 78.9 Å². The number of rotatable bonds is 9. The first-order chi connectivity index (χ1) is 22.4. The van der Waals surface area contributed by atoms with Crippen LogP contribution in [-0.4, -0.2) is 21.7 Å². The number of nitrogens with zero attached hydrogens (tertiary/aromatic N) is 2. The van der Waals surface area contributed by atoms with Crippen molar-refractivity contribution < 1.29 is 23.5 Å². The molecule has 230 valence electrons. The molecule has 0 radical (unpaired) electrons. The average molecular weight is 614 g/mol. The zero-order chi connectivity index (χ0) is 32.0. The predicted octanol–water partition coefficient (Wildman–Crippen LogP) is 7.40. The summed E-state index contributed by atoms with van der Waals surface area (Å²) >= 11 is 0. The summed E-state index contributed by atoms with van der Waals surface area (Å²) in [5.74, 6) is -2.48. The van der Waals surface area contributed by atoms with Gasteiger partial charge in [0.05, 0.1) is 28.4 Å². The summed E-state index contributed by atoms with van der Waals surface area (Å²) in [6.45, 7) is 3.66. The smallest absolute Gasteiger partial charge is 0.337 e. The molecule has 1 aliphatic heterocycles. The maximum atomic E-state index is 14.0. The van der Waals surface area contributed by atoms with Crippen molar-refractivity contribution >= 4 is 11.9 Å². The second-order valence-electron chi connectivity index (χ2n) is 11.0. The van der Waals surface area contributed by atoms with Crippen molar-refractivity contribution in [3.8, 4) is 16.9 Å². The van der Waals surface area contributed by atoms with Crippen molar-refractivity contribution in [3.63, 3.8) is 0 Å². The highest BCUT2D eigenvalue weighted by molar-refractivity contribution is 6.00. The standard InChI is InChI=1S/C38H32FN3O4/c1-25-33(37(43)45-23-27-12-6-3-7-13-27)35(34(26(2)40-25)38(44)46-24-28-14-8-4-9-15-28)32-22-42(31-16-10-5-11-17-31)41-36(32)29-18-20-30(39)21-19-29/h3-22,35,40H,23-24H2,1-2H3. The van der Waals surface area contributed by atoms with Crippen molar-refractivity contribution in [2.45, 2.75) is 33.0 Å². The van der Waals surface area contributed by atoms with Gasteiger partial charge < -0.3 is 14.8 Å². The highest BCUT2D eigenvalue weighted by Gasteiger charge is 2.40. The molecule has 46 heavy (non-hydrogen) atoms. The normalized spacial score (nSPS) is 13.4. The zero-order valence-corrected chi connectivity index (χ0v) is 25.4. The molecule has 5 aromatic rings. The molecule has 8 heteroatoms. The number of halogens is 1. The fourth-order valence-corrected chi connectivity index (χ4v) is 5.59. The van der Waals surface area contributed by atoms with Gasteiger partial charge >= 0.3 is 11.9 Å². The molecule has 0 spiro atoms. The van der Waals surface area contributed by atoms with Gasteiger partial charge in [0, 0.05) is 28.7 Å². The topological polar surface area (TPSA) is 82.5 Å². The number of hydrogen-bond donors (Lipinski definition) is 1. The van der Waals surface area contributed by atoms with Crippen LogP contribution >= 0.6 is 0 Å². The van der Waals surface area contributed by atoms with Gasteiger partial charge in [0.1, 0.15) is 19.0 Å². The Kier molecular flexibility index (Phi) is 8.87. The summed E-state index contributed by atoms with van der Waals surface area (Å²) in [5, 5.41) is 8.13. The van der Waals surface area contributed by atoms with Gasteiger partial charge in [0.25, 0.3) is 0 Å². The van der Waals surface area contributed by atoms with E-state index in [1.54, 1.807) is 36.9 Å². The number of carbonyl (C=O) groups is 2. The third kappa shape index (κ3) is 6.51. The Hall–Kier alpha value is -5.76. The Morgan fingerprint density at radius 3 is 1.70 bits per heavy atom. The Morgan fingerprint density at radius 1 is 0.717 bits per heavy atom. The molecule has 1 aliphatic rings. The van der Waals surface area contributed by atoms with E-state index in [4.69, 9.17) is 14.6 Å². The number of benzene rings is 4. The number of allylic oxidation sites excluding steroid dienone is 2. The number of carbonyl (C=O) groups excluding carboxylic acids is 2. The summed E-state index contributed by atoms with van der Waals surface area (Å²) in [4.78, 5) is 28.0. The first-order valence-corrected chi connectivity index (χ1v) is 14.9. The summed E-state index contributed by atoms with van der Waals surface area (Å²) < 4.78 is 27.4. The summed E-state index contributed by atoms with van der Waals surface area (Å²) in [6, 6.07) is 34.2. The highest BCUT2D eigenvalue weighted by atomic mass is 19.1. The molecule has 0 saturated carbocycles. The minimum atomic E-state index is -0.912. The van der Waals surface area contributed by atoms with Gasteiger partial charge in [-0.15, -0.1) is 0 Å². The molecule has 1 aromatic heterocycles. The maximum Gasteiger partial charge on any atom is 0.337 e. The molecule has 0 saturated heterocycles. The van der Waals surface area contributed by atoms with Crippen LogP contribution in [0.5, 0.6) is 0 Å². The third-order valence-corrected chi connectivity index (χ3v) is 7.82. The number of ether oxygens (including phenoxy) is 2. The fraction of sp³-hybridized carbons (Fsp3) is 0.132. The molecule has 0 atom stereocenters.